The van der Waals surface area contributed by atoms with Crippen molar-refractivity contribution >= 4 is 18.6 Å². The highest BCUT2D eigenvalue weighted by Gasteiger charge is 2.14. The molecule has 0 saturated heterocycles. The lowest BCUT2D eigenvalue weighted by Gasteiger charge is -2.02. The van der Waals surface area contributed by atoms with E-state index in [0.29, 0.717) is 0 Å². The highest BCUT2D eigenvalue weighted by Crippen LogP contribution is 2.00. The van der Waals surface area contributed by atoms with Crippen molar-refractivity contribution in [2.45, 2.75) is 18.9 Å². The summed E-state index contributed by atoms with van der Waals surface area (Å²) in [5.74, 6) is -1.61. The molecule has 0 rings (SSSR count). The average Bonchev–Trinajstić information content (AvgIpc) is 1.87. The number of nitrogens with zero attached hydrogens (tertiary/aromatic N) is 1. The van der Waals surface area contributed by atoms with Crippen LogP contribution in [-0.4, -0.2) is 29.7 Å². The molecule has 0 aromatic rings. The Morgan fingerprint density at radius 1 is 1.64 bits per heavy atom. The first kappa shape index (κ1) is 9.61. The molecule has 5 heteroatoms. The monoisotopic (exact) mass is 158 g/mol. The Morgan fingerprint density at radius 2 is 2.18 bits per heavy atom. The van der Waals surface area contributed by atoms with Gasteiger partial charge in [-0.2, -0.15) is 0 Å². The molecule has 0 radical (unpaired) electrons. The van der Waals surface area contributed by atoms with Crippen LogP contribution >= 0.6 is 0 Å². The van der Waals surface area contributed by atoms with Gasteiger partial charge in [-0.25, -0.2) is 4.79 Å². The normalized spacial score (nSPS) is 12.0. The van der Waals surface area contributed by atoms with Crippen molar-refractivity contribution in [3.8, 4) is 0 Å². The van der Waals surface area contributed by atoms with Crippen LogP contribution in [0.5, 0.6) is 0 Å². The first-order chi connectivity index (χ1) is 5.07. The first-order valence-electron chi connectivity index (χ1n) is 3.05. The molecule has 0 aliphatic heterocycles. The predicted octanol–water partition coefficient (Wildman–Crippen LogP) is -0.594. The fourth-order valence-corrected chi connectivity index (χ4v) is 0.572. The van der Waals surface area contributed by atoms with Crippen molar-refractivity contribution in [3.05, 3.63) is 0 Å². The van der Waals surface area contributed by atoms with Gasteiger partial charge in [0.25, 0.3) is 0 Å². The van der Waals surface area contributed by atoms with E-state index in [2.05, 4.69) is 11.7 Å². The quantitative estimate of drug-likeness (QED) is 0.523. The van der Waals surface area contributed by atoms with E-state index in [9.17, 15) is 9.59 Å². The van der Waals surface area contributed by atoms with Crippen molar-refractivity contribution in [1.29, 1.82) is 0 Å². The van der Waals surface area contributed by atoms with Crippen molar-refractivity contribution in [1.82, 2.24) is 0 Å². The molecular weight excluding hydrogens is 148 g/mol. The van der Waals surface area contributed by atoms with Crippen molar-refractivity contribution < 1.29 is 14.7 Å². The Labute approximate surface area is 63.9 Å². The third kappa shape index (κ3) is 4.07. The van der Waals surface area contributed by atoms with Gasteiger partial charge >= 0.3 is 5.97 Å². The summed E-state index contributed by atoms with van der Waals surface area (Å²) in [4.78, 5) is 23.8. The van der Waals surface area contributed by atoms with E-state index in [4.69, 9.17) is 10.8 Å². The number of carbonyl (C=O) groups is 2. The number of primary amides is 1. The highest BCUT2D eigenvalue weighted by molar-refractivity contribution is 5.77. The van der Waals surface area contributed by atoms with Crippen LogP contribution in [0.4, 0.5) is 0 Å². The zero-order chi connectivity index (χ0) is 8.85. The topological polar surface area (TPSA) is 92.8 Å². The summed E-state index contributed by atoms with van der Waals surface area (Å²) >= 11 is 0. The zero-order valence-electron chi connectivity index (χ0n) is 5.99. The molecule has 1 amide bonds. The molecule has 0 aromatic heterocycles. The molecule has 0 aliphatic carbocycles. The maximum atomic E-state index is 10.3. The van der Waals surface area contributed by atoms with Gasteiger partial charge < -0.3 is 10.8 Å². The summed E-state index contributed by atoms with van der Waals surface area (Å²) in [6, 6.07) is -0.914. The highest BCUT2D eigenvalue weighted by atomic mass is 16.4. The minimum atomic E-state index is -1.08. The Morgan fingerprint density at radius 3 is 2.45 bits per heavy atom. The molecule has 0 bridgehead atoms. The molecule has 0 heterocycles. The molecule has 5 nitrogen and oxygen atoms in total. The Kier molecular flexibility index (Phi) is 3.87. The smallest absolute Gasteiger partial charge is 0.328 e. The van der Waals surface area contributed by atoms with Crippen molar-refractivity contribution in [2.24, 2.45) is 10.7 Å². The summed E-state index contributed by atoms with van der Waals surface area (Å²) in [5, 5.41) is 8.40. The molecule has 0 saturated carbocycles. The van der Waals surface area contributed by atoms with E-state index in [1.54, 1.807) is 0 Å². The average molecular weight is 158 g/mol. The van der Waals surface area contributed by atoms with Gasteiger partial charge in [-0.1, -0.05) is 0 Å². The number of amides is 1. The third-order valence-corrected chi connectivity index (χ3v) is 1.17. The molecular formula is C6H10N2O3. The fraction of sp³-hybridized carbons (Fsp3) is 0.500. The minimum Gasteiger partial charge on any atom is -0.480 e. The maximum absolute atomic E-state index is 10.3. The second-order valence-electron chi connectivity index (χ2n) is 2.04. The Hall–Kier alpha value is -1.39. The number of carboxylic acid groups (broad SMARTS) is 1. The summed E-state index contributed by atoms with van der Waals surface area (Å²) in [6.45, 7) is 3.08. The second kappa shape index (κ2) is 4.43. The lowest BCUT2D eigenvalue weighted by Crippen LogP contribution is -2.20. The molecule has 11 heavy (non-hydrogen) atoms. The lowest BCUT2D eigenvalue weighted by molar-refractivity contribution is -0.138. The Balaban J connectivity index is 3.79. The zero-order valence-corrected chi connectivity index (χ0v) is 5.99. The predicted molar refractivity (Wildman–Crippen MR) is 39.4 cm³/mol. The number of rotatable bonds is 5. The first-order valence-corrected chi connectivity index (χ1v) is 3.05. The SMILES string of the molecule is C=N[C@@H](CCC(N)=O)C(=O)O. The van der Waals surface area contributed by atoms with Crippen LogP contribution in [0.25, 0.3) is 0 Å². The van der Waals surface area contributed by atoms with Crippen molar-refractivity contribution in [3.63, 3.8) is 0 Å². The van der Waals surface area contributed by atoms with E-state index in [1.165, 1.54) is 0 Å². The molecule has 1 atom stereocenters. The molecule has 0 aromatic carbocycles. The van der Waals surface area contributed by atoms with Gasteiger partial charge in [-0.3, -0.25) is 9.79 Å². The number of carboxylic acids is 1. The summed E-state index contributed by atoms with van der Waals surface area (Å²) in [7, 11) is 0. The van der Waals surface area contributed by atoms with Crippen LogP contribution in [0.15, 0.2) is 4.99 Å². The number of nitrogens with two attached hydrogens (primary N) is 1. The van der Waals surface area contributed by atoms with Crippen LogP contribution in [0.3, 0.4) is 0 Å². The third-order valence-electron chi connectivity index (χ3n) is 1.17. The van der Waals surface area contributed by atoms with E-state index < -0.39 is 17.9 Å². The van der Waals surface area contributed by atoms with Gasteiger partial charge in [0.1, 0.15) is 6.04 Å². The second-order valence-corrected chi connectivity index (χ2v) is 2.04. The van der Waals surface area contributed by atoms with Crippen LogP contribution in [-0.2, 0) is 9.59 Å². The van der Waals surface area contributed by atoms with Gasteiger partial charge in [0.05, 0.1) is 0 Å². The number of aliphatic imine (C=N–C) groups is 1. The van der Waals surface area contributed by atoms with Gasteiger partial charge in [-0.15, -0.1) is 0 Å². The lowest BCUT2D eigenvalue weighted by atomic mass is 10.1. The fourth-order valence-electron chi connectivity index (χ4n) is 0.572. The molecule has 0 spiro atoms. The molecule has 0 unspecified atom stereocenters. The van der Waals surface area contributed by atoms with E-state index in [-0.39, 0.29) is 12.8 Å². The van der Waals surface area contributed by atoms with Crippen LogP contribution in [0.2, 0.25) is 0 Å². The Bertz CT molecular complexity index is 179. The van der Waals surface area contributed by atoms with Crippen LogP contribution in [0.1, 0.15) is 12.8 Å². The largest absolute Gasteiger partial charge is 0.480 e. The van der Waals surface area contributed by atoms with E-state index >= 15 is 0 Å². The molecule has 62 valence electrons. The van der Waals surface area contributed by atoms with Gasteiger partial charge in [0.2, 0.25) is 5.91 Å². The summed E-state index contributed by atoms with van der Waals surface area (Å²) in [5.41, 5.74) is 4.80. The number of carbonyl (C=O) groups excluding carboxylic acids is 1. The van der Waals surface area contributed by atoms with Crippen LogP contribution in [0, 0.1) is 0 Å². The van der Waals surface area contributed by atoms with Gasteiger partial charge in [0.15, 0.2) is 0 Å². The van der Waals surface area contributed by atoms with Gasteiger partial charge in [-0.05, 0) is 13.1 Å². The summed E-state index contributed by atoms with van der Waals surface area (Å²) < 4.78 is 0. The van der Waals surface area contributed by atoms with Crippen molar-refractivity contribution in [2.75, 3.05) is 0 Å². The van der Waals surface area contributed by atoms with E-state index in [1.807, 2.05) is 0 Å². The van der Waals surface area contributed by atoms with E-state index in [0.717, 1.165) is 0 Å². The number of hydrogen-bond acceptors (Lipinski definition) is 3. The molecule has 0 aliphatic rings. The van der Waals surface area contributed by atoms with Gasteiger partial charge in [0, 0.05) is 6.42 Å². The number of aliphatic carboxylic acids is 1. The van der Waals surface area contributed by atoms with Crippen LogP contribution < -0.4 is 5.73 Å². The number of hydrogen-bond donors (Lipinski definition) is 2. The molecule has 0 fully saturated rings. The minimum absolute atomic E-state index is 0.0238. The molecule has 3 N–H and O–H groups in total. The standard InChI is InChI=1S/C6H10N2O3/c1-8-4(6(10)11)2-3-5(7)9/h4H,1-3H2,(H2,7,9)(H,10,11)/t4-/m0/s1. The maximum Gasteiger partial charge on any atom is 0.328 e. The summed E-state index contributed by atoms with van der Waals surface area (Å²) in [6.07, 6.45) is 0.143.